The van der Waals surface area contributed by atoms with Crippen molar-refractivity contribution in [2.45, 2.75) is 31.2 Å². The Kier molecular flexibility index (Phi) is 5.18. The number of nitrogens with one attached hydrogen (secondary N) is 2. The van der Waals surface area contributed by atoms with Crippen LogP contribution in [-0.4, -0.2) is 48.1 Å². The largest absolute Gasteiger partial charge is 0.378 e. The molecule has 0 aromatic heterocycles. The van der Waals surface area contributed by atoms with Crippen molar-refractivity contribution in [3.8, 4) is 0 Å². The van der Waals surface area contributed by atoms with Gasteiger partial charge in [-0.15, -0.1) is 0 Å². The van der Waals surface area contributed by atoms with E-state index < -0.39 is 11.8 Å². The van der Waals surface area contributed by atoms with E-state index >= 15 is 0 Å². The Morgan fingerprint density at radius 2 is 1.63 bits per heavy atom. The van der Waals surface area contributed by atoms with Gasteiger partial charge in [-0.3, -0.25) is 9.59 Å². The van der Waals surface area contributed by atoms with Crippen molar-refractivity contribution in [1.29, 1.82) is 0 Å². The highest BCUT2D eigenvalue weighted by Crippen LogP contribution is 2.22. The molecule has 2 saturated heterocycles. The molecule has 0 aliphatic carbocycles. The van der Waals surface area contributed by atoms with E-state index in [1.165, 1.54) is 5.56 Å². The van der Waals surface area contributed by atoms with E-state index in [1.807, 2.05) is 48.5 Å². The maximum atomic E-state index is 12.5. The molecule has 2 N–H and O–H groups in total. The average Bonchev–Trinajstić information content (AvgIpc) is 2.71. The fourth-order valence-electron chi connectivity index (χ4n) is 3.77. The summed E-state index contributed by atoms with van der Waals surface area (Å²) in [6.45, 7) is 2.01. The second-order valence-corrected chi connectivity index (χ2v) is 7.00. The van der Waals surface area contributed by atoms with Crippen LogP contribution < -0.4 is 10.6 Å². The highest BCUT2D eigenvalue weighted by atomic mass is 16.5. The Morgan fingerprint density at radius 1 is 0.963 bits per heavy atom. The molecule has 2 fully saturated rings. The highest BCUT2D eigenvalue weighted by Gasteiger charge is 2.46. The minimum absolute atomic E-state index is 0.0562. The van der Waals surface area contributed by atoms with Crippen LogP contribution in [0.15, 0.2) is 60.7 Å². The van der Waals surface area contributed by atoms with Crippen molar-refractivity contribution >= 4 is 11.8 Å². The van der Waals surface area contributed by atoms with Crippen LogP contribution in [0.5, 0.6) is 0 Å². The maximum Gasteiger partial charge on any atom is 0.312 e. The molecule has 2 aliphatic rings. The smallest absolute Gasteiger partial charge is 0.312 e. The number of rotatable bonds is 5. The lowest BCUT2D eigenvalue weighted by atomic mass is 9.93. The number of fused-ring (bicyclic) bond motifs is 1. The van der Waals surface area contributed by atoms with Crippen molar-refractivity contribution in [3.63, 3.8) is 0 Å². The van der Waals surface area contributed by atoms with Gasteiger partial charge >= 0.3 is 11.8 Å². The van der Waals surface area contributed by atoms with E-state index in [1.54, 1.807) is 4.90 Å². The molecule has 2 amide bonds. The highest BCUT2D eigenvalue weighted by molar-refractivity contribution is 6.35. The predicted molar refractivity (Wildman–Crippen MR) is 101 cm³/mol. The lowest BCUT2D eigenvalue weighted by Crippen LogP contribution is -2.72. The second-order valence-electron chi connectivity index (χ2n) is 7.00. The first kappa shape index (κ1) is 17.7. The number of carbonyl (C=O) groups is 2. The first-order valence-electron chi connectivity index (χ1n) is 9.23. The van der Waals surface area contributed by atoms with Crippen LogP contribution in [-0.2, 0) is 27.4 Å². The summed E-state index contributed by atoms with van der Waals surface area (Å²) in [6, 6.07) is 19.4. The molecule has 0 bridgehead atoms. The zero-order valence-corrected chi connectivity index (χ0v) is 15.0. The van der Waals surface area contributed by atoms with Crippen LogP contribution in [0.2, 0.25) is 0 Å². The zero-order chi connectivity index (χ0) is 18.6. The monoisotopic (exact) mass is 365 g/mol. The normalized spacial score (nSPS) is 25.0. The molecular formula is C21H23N3O3. The van der Waals surface area contributed by atoms with Gasteiger partial charge in [0.2, 0.25) is 0 Å². The Morgan fingerprint density at radius 3 is 2.33 bits per heavy atom. The molecule has 0 radical (unpaired) electrons. The number of benzene rings is 2. The average molecular weight is 365 g/mol. The van der Waals surface area contributed by atoms with Crippen LogP contribution in [0.3, 0.4) is 0 Å². The van der Waals surface area contributed by atoms with Crippen molar-refractivity contribution in [3.05, 3.63) is 71.8 Å². The molecule has 6 nitrogen and oxygen atoms in total. The number of hydrogen-bond donors (Lipinski definition) is 2. The third kappa shape index (κ3) is 3.86. The Balaban J connectivity index is 1.50. The summed E-state index contributed by atoms with van der Waals surface area (Å²) >= 11 is 0. The minimum atomic E-state index is -0.541. The van der Waals surface area contributed by atoms with Crippen LogP contribution >= 0.6 is 0 Å². The van der Waals surface area contributed by atoms with E-state index in [0.717, 1.165) is 5.56 Å². The van der Waals surface area contributed by atoms with Gasteiger partial charge < -0.3 is 20.3 Å². The SMILES string of the molecule is O=C1NC2C(NCc3ccccc3)COCC2N(Cc2ccccc2)C1=O. The summed E-state index contributed by atoms with van der Waals surface area (Å²) in [7, 11) is 0. The van der Waals surface area contributed by atoms with Crippen LogP contribution in [0.1, 0.15) is 11.1 Å². The fourth-order valence-corrected chi connectivity index (χ4v) is 3.77. The molecule has 4 rings (SSSR count). The van der Waals surface area contributed by atoms with E-state index in [4.69, 9.17) is 4.74 Å². The molecule has 27 heavy (non-hydrogen) atoms. The van der Waals surface area contributed by atoms with Gasteiger partial charge in [0.15, 0.2) is 0 Å². The zero-order valence-electron chi connectivity index (χ0n) is 15.0. The topological polar surface area (TPSA) is 70.7 Å². The lowest BCUT2D eigenvalue weighted by molar-refractivity contribution is -0.158. The van der Waals surface area contributed by atoms with Gasteiger partial charge in [-0.25, -0.2) is 0 Å². The molecule has 3 unspecified atom stereocenters. The third-order valence-electron chi connectivity index (χ3n) is 5.19. The predicted octanol–water partition coefficient (Wildman–Crippen LogP) is 1.07. The molecular weight excluding hydrogens is 342 g/mol. The summed E-state index contributed by atoms with van der Waals surface area (Å²) in [5.74, 6) is -1.03. The van der Waals surface area contributed by atoms with Gasteiger partial charge in [0.1, 0.15) is 0 Å². The van der Waals surface area contributed by atoms with Gasteiger partial charge in [0.05, 0.1) is 31.3 Å². The van der Waals surface area contributed by atoms with Crippen molar-refractivity contribution < 1.29 is 14.3 Å². The standard InChI is InChI=1S/C21H23N3O3/c25-20-21(26)24(12-16-9-5-2-6-10-16)18-14-27-13-17(19(18)23-20)22-11-15-7-3-1-4-8-15/h1-10,17-19,22H,11-14H2,(H,23,25). The van der Waals surface area contributed by atoms with E-state index in [0.29, 0.717) is 26.3 Å². The van der Waals surface area contributed by atoms with Gasteiger partial charge in [-0.1, -0.05) is 60.7 Å². The van der Waals surface area contributed by atoms with E-state index in [-0.39, 0.29) is 18.1 Å². The summed E-state index contributed by atoms with van der Waals surface area (Å²) in [5, 5.41) is 6.38. The number of amides is 2. The summed E-state index contributed by atoms with van der Waals surface area (Å²) in [5.41, 5.74) is 2.16. The lowest BCUT2D eigenvalue weighted by Gasteiger charge is -2.47. The maximum absolute atomic E-state index is 12.5. The van der Waals surface area contributed by atoms with E-state index in [2.05, 4.69) is 22.8 Å². The van der Waals surface area contributed by atoms with Gasteiger partial charge in [-0.05, 0) is 11.1 Å². The Hall–Kier alpha value is -2.70. The molecule has 0 saturated carbocycles. The molecule has 6 heteroatoms. The number of ether oxygens (including phenoxy) is 1. The molecule has 2 heterocycles. The number of piperazine rings is 1. The van der Waals surface area contributed by atoms with Crippen molar-refractivity contribution in [2.24, 2.45) is 0 Å². The van der Waals surface area contributed by atoms with Crippen LogP contribution in [0.25, 0.3) is 0 Å². The van der Waals surface area contributed by atoms with Crippen molar-refractivity contribution in [1.82, 2.24) is 15.5 Å². The number of carbonyl (C=O) groups excluding carboxylic acids is 2. The summed E-state index contributed by atoms with van der Waals surface area (Å²) in [4.78, 5) is 26.5. The van der Waals surface area contributed by atoms with Gasteiger partial charge in [-0.2, -0.15) is 0 Å². The van der Waals surface area contributed by atoms with Gasteiger partial charge in [0, 0.05) is 13.1 Å². The first-order valence-corrected chi connectivity index (χ1v) is 9.23. The molecule has 140 valence electrons. The quantitative estimate of drug-likeness (QED) is 0.778. The van der Waals surface area contributed by atoms with Crippen LogP contribution in [0, 0.1) is 0 Å². The van der Waals surface area contributed by atoms with Crippen molar-refractivity contribution in [2.75, 3.05) is 13.2 Å². The van der Waals surface area contributed by atoms with Crippen LogP contribution in [0.4, 0.5) is 0 Å². The molecule has 0 spiro atoms. The Bertz CT molecular complexity index is 797. The third-order valence-corrected chi connectivity index (χ3v) is 5.19. The van der Waals surface area contributed by atoms with Gasteiger partial charge in [0.25, 0.3) is 0 Å². The molecule has 3 atom stereocenters. The number of hydrogen-bond acceptors (Lipinski definition) is 4. The van der Waals surface area contributed by atoms with E-state index in [9.17, 15) is 9.59 Å². The molecule has 2 aromatic carbocycles. The fraction of sp³-hybridized carbons (Fsp3) is 0.333. The first-order chi connectivity index (χ1) is 13.2. The second kappa shape index (κ2) is 7.90. The minimum Gasteiger partial charge on any atom is -0.378 e. The molecule has 2 aromatic rings. The Labute approximate surface area is 158 Å². The summed E-state index contributed by atoms with van der Waals surface area (Å²) < 4.78 is 5.78. The summed E-state index contributed by atoms with van der Waals surface area (Å²) in [6.07, 6.45) is 0. The number of nitrogens with zero attached hydrogens (tertiary/aromatic N) is 1. The molecule has 2 aliphatic heterocycles.